The Morgan fingerprint density at radius 1 is 1.50 bits per heavy atom. The summed E-state index contributed by atoms with van der Waals surface area (Å²) in [7, 11) is -1.47. The molecule has 1 fully saturated rings. The number of alkyl halides is 2. The molecule has 4 atom stereocenters. The van der Waals surface area contributed by atoms with Gasteiger partial charge < -0.3 is 30.3 Å². The Morgan fingerprint density at radius 3 is 2.75 bits per heavy atom. The van der Waals surface area contributed by atoms with Crippen LogP contribution in [0, 0.1) is 0 Å². The molecule has 5 N–H and O–H groups in total. The fraction of sp³-hybridized carbons (Fsp3) is 0.615. The van der Waals surface area contributed by atoms with Crippen molar-refractivity contribution in [1.82, 2.24) is 19.5 Å². The zero-order valence-electron chi connectivity index (χ0n) is 14.8. The van der Waals surface area contributed by atoms with Crippen LogP contribution in [0.1, 0.15) is 6.23 Å². The van der Waals surface area contributed by atoms with Gasteiger partial charge in [-0.3, -0.25) is 9.09 Å². The van der Waals surface area contributed by atoms with Gasteiger partial charge in [0, 0.05) is 14.1 Å². The van der Waals surface area contributed by atoms with Crippen LogP contribution in [0.2, 0.25) is 0 Å². The number of nitrogens with two attached hydrogens (primary N) is 1. The Morgan fingerprint density at radius 2 is 2.18 bits per heavy atom. The topological polar surface area (TPSA) is 169 Å². The van der Waals surface area contributed by atoms with Gasteiger partial charge >= 0.3 is 7.82 Å². The number of halogens is 2. The van der Waals surface area contributed by atoms with Gasteiger partial charge in [0.2, 0.25) is 5.95 Å². The van der Waals surface area contributed by atoms with Gasteiger partial charge in [0.1, 0.15) is 11.7 Å². The summed E-state index contributed by atoms with van der Waals surface area (Å²) < 4.78 is 37.1. The van der Waals surface area contributed by atoms with E-state index in [9.17, 15) is 14.1 Å². The fourth-order valence-corrected chi connectivity index (χ4v) is 3.59. The number of phosphoric ester groups is 1. The molecule has 0 spiro atoms. The predicted octanol–water partition coefficient (Wildman–Crippen LogP) is -0.211. The van der Waals surface area contributed by atoms with E-state index >= 15 is 0 Å². The molecule has 0 aromatic carbocycles. The van der Waals surface area contributed by atoms with Crippen molar-refractivity contribution in [2.24, 2.45) is 0 Å². The van der Waals surface area contributed by atoms with E-state index in [-0.39, 0.29) is 11.6 Å². The van der Waals surface area contributed by atoms with Gasteiger partial charge in [0.25, 0.3) is 0 Å². The molecule has 1 aliphatic rings. The van der Waals surface area contributed by atoms with Crippen molar-refractivity contribution in [2.75, 3.05) is 37.2 Å². The zero-order chi connectivity index (χ0) is 20.9. The number of aromatic nitrogens is 4. The first-order valence-electron chi connectivity index (χ1n) is 7.92. The van der Waals surface area contributed by atoms with Gasteiger partial charge in [-0.15, -0.1) is 11.6 Å². The molecule has 0 radical (unpaired) electrons. The van der Waals surface area contributed by atoms with Crippen LogP contribution in [0.15, 0.2) is 6.33 Å². The lowest BCUT2D eigenvalue weighted by Crippen LogP contribution is -2.47. The number of imidazole rings is 1. The Kier molecular flexibility index (Phi) is 5.53. The molecular formula is C13H19ClFN6O6P. The van der Waals surface area contributed by atoms with Crippen molar-refractivity contribution >= 4 is 42.4 Å². The second kappa shape index (κ2) is 7.34. The summed E-state index contributed by atoms with van der Waals surface area (Å²) in [4.78, 5) is 31.8. The number of aliphatic hydroxyl groups is 1. The van der Waals surface area contributed by atoms with E-state index in [1.165, 1.54) is 10.9 Å². The summed E-state index contributed by atoms with van der Waals surface area (Å²) in [5.41, 5.74) is 4.30. The SMILES string of the molecule is CN(C)c1nc(N)nc2c1ncn2[C@@H]1O[C@](CCl)(COP(=O)(O)O)[C@@H](O)[C@H]1F. The molecule has 0 aliphatic carbocycles. The lowest BCUT2D eigenvalue weighted by atomic mass is 9.99. The first-order valence-corrected chi connectivity index (χ1v) is 9.99. The fourth-order valence-electron chi connectivity index (χ4n) is 2.91. The van der Waals surface area contributed by atoms with Crippen molar-refractivity contribution in [3.8, 4) is 0 Å². The average Bonchev–Trinajstić information content (AvgIpc) is 3.12. The summed E-state index contributed by atoms with van der Waals surface area (Å²) in [6.45, 7) is -0.828. The molecule has 0 bridgehead atoms. The number of hydrogen-bond acceptors (Lipinski definition) is 9. The number of aliphatic hydroxyl groups excluding tert-OH is 1. The van der Waals surface area contributed by atoms with Crippen molar-refractivity contribution in [2.45, 2.75) is 24.1 Å². The van der Waals surface area contributed by atoms with Gasteiger partial charge in [0.15, 0.2) is 29.4 Å². The number of hydrogen-bond donors (Lipinski definition) is 4. The van der Waals surface area contributed by atoms with Gasteiger partial charge in [-0.05, 0) is 0 Å². The van der Waals surface area contributed by atoms with Crippen LogP contribution >= 0.6 is 19.4 Å². The number of phosphoric acid groups is 1. The van der Waals surface area contributed by atoms with E-state index in [1.807, 2.05) is 0 Å². The van der Waals surface area contributed by atoms with Gasteiger partial charge in [-0.25, -0.2) is 13.9 Å². The van der Waals surface area contributed by atoms with E-state index in [0.29, 0.717) is 11.3 Å². The molecule has 2 aromatic heterocycles. The number of fused-ring (bicyclic) bond motifs is 1. The van der Waals surface area contributed by atoms with Gasteiger partial charge in [0.05, 0.1) is 18.8 Å². The highest BCUT2D eigenvalue weighted by molar-refractivity contribution is 7.46. The molecular weight excluding hydrogens is 422 g/mol. The molecule has 3 heterocycles. The van der Waals surface area contributed by atoms with E-state index in [2.05, 4.69) is 19.5 Å². The first-order chi connectivity index (χ1) is 13.0. The molecule has 12 nitrogen and oxygen atoms in total. The number of nitrogen functional groups attached to an aromatic ring is 1. The van der Waals surface area contributed by atoms with Crippen LogP contribution in [0.4, 0.5) is 16.2 Å². The highest BCUT2D eigenvalue weighted by Crippen LogP contribution is 2.45. The largest absolute Gasteiger partial charge is 0.469 e. The van der Waals surface area contributed by atoms with E-state index in [0.717, 1.165) is 0 Å². The van der Waals surface area contributed by atoms with Crippen LogP contribution in [-0.4, -0.2) is 78.9 Å². The second-order valence-corrected chi connectivity index (χ2v) is 7.99. The molecule has 3 rings (SSSR count). The van der Waals surface area contributed by atoms with E-state index < -0.39 is 44.4 Å². The Bertz CT molecular complexity index is 926. The van der Waals surface area contributed by atoms with Crippen molar-refractivity contribution in [3.63, 3.8) is 0 Å². The quantitative estimate of drug-likeness (QED) is 0.346. The van der Waals surface area contributed by atoms with Crippen molar-refractivity contribution < 1.29 is 33.1 Å². The molecule has 1 saturated heterocycles. The summed E-state index contributed by atoms with van der Waals surface area (Å²) in [5, 5.41) is 10.3. The van der Waals surface area contributed by atoms with Gasteiger partial charge in [-0.2, -0.15) is 9.97 Å². The number of nitrogens with zero attached hydrogens (tertiary/aromatic N) is 5. The van der Waals surface area contributed by atoms with Crippen LogP contribution in [-0.2, 0) is 13.8 Å². The summed E-state index contributed by atoms with van der Waals surface area (Å²) >= 11 is 5.83. The van der Waals surface area contributed by atoms with Crippen molar-refractivity contribution in [3.05, 3.63) is 6.33 Å². The Labute approximate surface area is 163 Å². The standard InChI is InChI=1S/C13H19ClFN6O6P/c1-20(2)9-7-10(19-12(16)18-9)21(5-17-7)11-6(15)8(22)13(3-14,27-11)4-26-28(23,24)25/h5-6,8,11,22H,3-4H2,1-2H3,(H2,16,18,19)(H2,23,24,25)/t6-,8+,11-,13-/m1/s1. The molecule has 2 aromatic rings. The highest BCUT2D eigenvalue weighted by atomic mass is 35.5. The Balaban J connectivity index is 2.01. The monoisotopic (exact) mass is 440 g/mol. The number of ether oxygens (including phenoxy) is 1. The maximum atomic E-state index is 14.9. The van der Waals surface area contributed by atoms with E-state index in [1.54, 1.807) is 19.0 Å². The smallest absolute Gasteiger partial charge is 0.387 e. The molecule has 0 amide bonds. The molecule has 0 unspecified atom stereocenters. The lowest BCUT2D eigenvalue weighted by molar-refractivity contribution is -0.111. The Hall–Kier alpha value is -1.60. The van der Waals surface area contributed by atoms with Crippen LogP contribution in [0.3, 0.4) is 0 Å². The second-order valence-electron chi connectivity index (χ2n) is 6.48. The highest BCUT2D eigenvalue weighted by Gasteiger charge is 2.56. The number of rotatable bonds is 6. The maximum absolute atomic E-state index is 14.9. The average molecular weight is 441 g/mol. The molecule has 1 aliphatic heterocycles. The first kappa shape index (κ1) is 21.1. The van der Waals surface area contributed by atoms with Crippen LogP contribution in [0.25, 0.3) is 11.2 Å². The van der Waals surface area contributed by atoms with Gasteiger partial charge in [-0.1, -0.05) is 0 Å². The van der Waals surface area contributed by atoms with Crippen LogP contribution in [0.5, 0.6) is 0 Å². The zero-order valence-corrected chi connectivity index (χ0v) is 16.5. The molecule has 0 saturated carbocycles. The molecule has 28 heavy (non-hydrogen) atoms. The summed E-state index contributed by atoms with van der Waals surface area (Å²) in [6, 6.07) is 0. The summed E-state index contributed by atoms with van der Waals surface area (Å²) in [5.74, 6) is -0.179. The minimum atomic E-state index is -4.90. The lowest BCUT2D eigenvalue weighted by Gasteiger charge is -2.29. The maximum Gasteiger partial charge on any atom is 0.469 e. The van der Waals surface area contributed by atoms with Crippen LogP contribution < -0.4 is 10.6 Å². The molecule has 15 heteroatoms. The third kappa shape index (κ3) is 3.66. The number of anilines is 2. The normalized spacial score (nSPS) is 28.2. The predicted molar refractivity (Wildman–Crippen MR) is 96.5 cm³/mol. The minimum Gasteiger partial charge on any atom is -0.387 e. The third-order valence-corrected chi connectivity index (χ3v) is 5.21. The van der Waals surface area contributed by atoms with E-state index in [4.69, 9.17) is 31.9 Å². The summed E-state index contributed by atoms with van der Waals surface area (Å²) in [6.07, 6.45) is -4.05. The van der Waals surface area contributed by atoms with Crippen molar-refractivity contribution in [1.29, 1.82) is 0 Å². The molecule has 156 valence electrons. The third-order valence-electron chi connectivity index (χ3n) is 4.29. The minimum absolute atomic E-state index is 0.0830.